The number of para-hydroxylation sites is 1. The number of hydrogen-bond acceptors (Lipinski definition) is 3. The van der Waals surface area contributed by atoms with Gasteiger partial charge in [0.2, 0.25) is 0 Å². The maximum Gasteiger partial charge on any atom is 0.0661 e. The summed E-state index contributed by atoms with van der Waals surface area (Å²) in [6.07, 6.45) is 2.16. The second kappa shape index (κ2) is 6.07. The summed E-state index contributed by atoms with van der Waals surface area (Å²) in [6.45, 7) is 7.74. The van der Waals surface area contributed by atoms with Crippen LogP contribution >= 0.6 is 0 Å². The molecule has 3 aromatic rings. The number of H-pyrrole nitrogens is 1. The van der Waals surface area contributed by atoms with E-state index in [0.29, 0.717) is 0 Å². The third kappa shape index (κ3) is 2.44. The second-order valence-electron chi connectivity index (χ2n) is 6.55. The molecule has 0 aliphatic carbocycles. The SMILES string of the molecule is Cc1nn(C)c(C)c1C(c1c[nH]c2ccccc12)N1CCOCC1. The van der Waals surface area contributed by atoms with Gasteiger partial charge in [-0.05, 0) is 25.5 Å². The lowest BCUT2D eigenvalue weighted by Gasteiger charge is -2.35. The summed E-state index contributed by atoms with van der Waals surface area (Å²) in [5.41, 5.74) is 6.17. The van der Waals surface area contributed by atoms with E-state index < -0.39 is 0 Å². The Morgan fingerprint density at radius 2 is 1.92 bits per heavy atom. The van der Waals surface area contributed by atoms with E-state index >= 15 is 0 Å². The highest BCUT2D eigenvalue weighted by molar-refractivity contribution is 5.84. The molecule has 5 nitrogen and oxygen atoms in total. The molecule has 4 rings (SSSR count). The monoisotopic (exact) mass is 324 g/mol. The predicted molar refractivity (Wildman–Crippen MR) is 95.2 cm³/mol. The van der Waals surface area contributed by atoms with Crippen LogP contribution in [0.3, 0.4) is 0 Å². The van der Waals surface area contributed by atoms with Crippen molar-refractivity contribution < 1.29 is 4.74 Å². The summed E-state index contributed by atoms with van der Waals surface area (Å²) in [6, 6.07) is 8.73. The van der Waals surface area contributed by atoms with Crippen molar-refractivity contribution in [2.75, 3.05) is 26.3 Å². The van der Waals surface area contributed by atoms with Gasteiger partial charge in [-0.15, -0.1) is 0 Å². The summed E-state index contributed by atoms with van der Waals surface area (Å²) in [4.78, 5) is 5.96. The summed E-state index contributed by atoms with van der Waals surface area (Å²) in [7, 11) is 2.03. The third-order valence-corrected chi connectivity index (χ3v) is 5.17. The molecule has 1 fully saturated rings. The van der Waals surface area contributed by atoms with Crippen LogP contribution in [0.2, 0.25) is 0 Å². The molecule has 0 radical (unpaired) electrons. The van der Waals surface area contributed by atoms with Crippen LogP contribution in [-0.4, -0.2) is 46.0 Å². The quantitative estimate of drug-likeness (QED) is 0.806. The van der Waals surface area contributed by atoms with E-state index in [2.05, 4.69) is 59.3 Å². The van der Waals surface area contributed by atoms with Gasteiger partial charge in [-0.25, -0.2) is 0 Å². The Hall–Kier alpha value is -2.11. The van der Waals surface area contributed by atoms with Crippen molar-refractivity contribution in [1.29, 1.82) is 0 Å². The van der Waals surface area contributed by atoms with E-state index in [1.807, 2.05) is 11.7 Å². The van der Waals surface area contributed by atoms with E-state index in [9.17, 15) is 0 Å². The standard InChI is InChI=1S/C19H24N4O/c1-13-18(14(2)22(3)21-13)19(23-8-10-24-11-9-23)16-12-20-17-7-5-4-6-15(16)17/h4-7,12,19-20H,8-11H2,1-3H3. The highest BCUT2D eigenvalue weighted by atomic mass is 16.5. The number of fused-ring (bicyclic) bond motifs is 1. The first kappa shape index (κ1) is 15.4. The van der Waals surface area contributed by atoms with Gasteiger partial charge in [0.05, 0.1) is 24.9 Å². The van der Waals surface area contributed by atoms with Crippen LogP contribution in [0.15, 0.2) is 30.5 Å². The minimum absolute atomic E-state index is 0.207. The van der Waals surface area contributed by atoms with Gasteiger partial charge in [0.1, 0.15) is 0 Å². The molecule has 0 spiro atoms. The van der Waals surface area contributed by atoms with E-state index in [1.165, 1.54) is 27.7 Å². The molecule has 1 unspecified atom stereocenters. The first-order chi connectivity index (χ1) is 11.7. The van der Waals surface area contributed by atoms with Gasteiger partial charge in [0, 0.05) is 48.5 Å². The Morgan fingerprint density at radius 1 is 1.17 bits per heavy atom. The summed E-state index contributed by atoms with van der Waals surface area (Å²) in [5.74, 6) is 0. The van der Waals surface area contributed by atoms with E-state index in [1.54, 1.807) is 0 Å². The normalized spacial score (nSPS) is 17.5. The zero-order valence-corrected chi connectivity index (χ0v) is 14.5. The number of benzene rings is 1. The molecular formula is C19H24N4O. The first-order valence-corrected chi connectivity index (χ1v) is 8.54. The van der Waals surface area contributed by atoms with Crippen molar-refractivity contribution >= 4 is 10.9 Å². The van der Waals surface area contributed by atoms with Gasteiger partial charge >= 0.3 is 0 Å². The van der Waals surface area contributed by atoms with Crippen molar-refractivity contribution in [1.82, 2.24) is 19.7 Å². The number of nitrogens with zero attached hydrogens (tertiary/aromatic N) is 3. The van der Waals surface area contributed by atoms with Crippen LogP contribution in [0.4, 0.5) is 0 Å². The molecule has 0 bridgehead atoms. The lowest BCUT2D eigenvalue weighted by atomic mass is 9.94. The minimum Gasteiger partial charge on any atom is -0.379 e. The van der Waals surface area contributed by atoms with Crippen LogP contribution in [0, 0.1) is 13.8 Å². The third-order valence-electron chi connectivity index (χ3n) is 5.17. The van der Waals surface area contributed by atoms with Crippen molar-refractivity contribution in [2.45, 2.75) is 19.9 Å². The molecule has 1 saturated heterocycles. The highest BCUT2D eigenvalue weighted by Crippen LogP contribution is 2.36. The molecule has 2 aromatic heterocycles. The fourth-order valence-corrected chi connectivity index (χ4v) is 3.88. The molecule has 3 heterocycles. The number of aromatic amines is 1. The smallest absolute Gasteiger partial charge is 0.0661 e. The van der Waals surface area contributed by atoms with Crippen LogP contribution in [0.1, 0.15) is 28.6 Å². The van der Waals surface area contributed by atoms with E-state index in [0.717, 1.165) is 32.0 Å². The van der Waals surface area contributed by atoms with Gasteiger partial charge in [-0.3, -0.25) is 9.58 Å². The molecular weight excluding hydrogens is 300 g/mol. The van der Waals surface area contributed by atoms with Crippen molar-refractivity contribution in [3.8, 4) is 0 Å². The summed E-state index contributed by atoms with van der Waals surface area (Å²) < 4.78 is 7.58. The average Bonchev–Trinajstić information content (AvgIpc) is 3.13. The van der Waals surface area contributed by atoms with Crippen LogP contribution in [-0.2, 0) is 11.8 Å². The highest BCUT2D eigenvalue weighted by Gasteiger charge is 2.30. The van der Waals surface area contributed by atoms with E-state index in [4.69, 9.17) is 4.74 Å². The lowest BCUT2D eigenvalue weighted by molar-refractivity contribution is 0.0240. The fraction of sp³-hybridized carbons (Fsp3) is 0.421. The Kier molecular flexibility index (Phi) is 3.90. The number of rotatable bonds is 3. The van der Waals surface area contributed by atoms with Crippen LogP contribution in [0.5, 0.6) is 0 Å². The number of hydrogen-bond donors (Lipinski definition) is 1. The van der Waals surface area contributed by atoms with Crippen molar-refractivity contribution in [3.05, 3.63) is 53.0 Å². The molecule has 0 amide bonds. The molecule has 1 aromatic carbocycles. The number of ether oxygens (including phenoxy) is 1. The molecule has 1 aliphatic heterocycles. The minimum atomic E-state index is 0.207. The molecule has 24 heavy (non-hydrogen) atoms. The van der Waals surface area contributed by atoms with Gasteiger partial charge in [-0.2, -0.15) is 5.10 Å². The Labute approximate surface area is 142 Å². The second-order valence-corrected chi connectivity index (χ2v) is 6.55. The van der Waals surface area contributed by atoms with Crippen molar-refractivity contribution in [3.63, 3.8) is 0 Å². The lowest BCUT2D eigenvalue weighted by Crippen LogP contribution is -2.39. The molecule has 1 aliphatic rings. The number of aryl methyl sites for hydroxylation is 2. The zero-order chi connectivity index (χ0) is 16.7. The maximum atomic E-state index is 5.59. The van der Waals surface area contributed by atoms with Gasteiger partial charge in [0.25, 0.3) is 0 Å². The molecule has 0 saturated carbocycles. The zero-order valence-electron chi connectivity index (χ0n) is 14.5. The Bertz CT molecular complexity index is 858. The number of nitrogens with one attached hydrogen (secondary N) is 1. The maximum absolute atomic E-state index is 5.59. The van der Waals surface area contributed by atoms with E-state index in [-0.39, 0.29) is 6.04 Å². The largest absolute Gasteiger partial charge is 0.379 e. The van der Waals surface area contributed by atoms with Gasteiger partial charge in [0.15, 0.2) is 0 Å². The topological polar surface area (TPSA) is 46.1 Å². The van der Waals surface area contributed by atoms with Gasteiger partial charge < -0.3 is 9.72 Å². The molecule has 1 N–H and O–H groups in total. The average molecular weight is 324 g/mol. The Balaban J connectivity index is 1.90. The molecule has 1 atom stereocenters. The number of morpholine rings is 1. The summed E-state index contributed by atoms with van der Waals surface area (Å²) >= 11 is 0. The first-order valence-electron chi connectivity index (χ1n) is 8.54. The summed E-state index contributed by atoms with van der Waals surface area (Å²) in [5, 5.41) is 5.95. The van der Waals surface area contributed by atoms with Crippen LogP contribution < -0.4 is 0 Å². The fourth-order valence-electron chi connectivity index (χ4n) is 3.88. The van der Waals surface area contributed by atoms with Gasteiger partial charge in [-0.1, -0.05) is 18.2 Å². The molecule has 126 valence electrons. The Morgan fingerprint density at radius 3 is 2.62 bits per heavy atom. The number of aromatic nitrogens is 3. The predicted octanol–water partition coefficient (Wildman–Crippen LogP) is 2.94. The van der Waals surface area contributed by atoms with Crippen molar-refractivity contribution in [2.24, 2.45) is 7.05 Å². The molecule has 5 heteroatoms. The van der Waals surface area contributed by atoms with Crippen LogP contribution in [0.25, 0.3) is 10.9 Å².